The van der Waals surface area contributed by atoms with Crippen LogP contribution in [0.15, 0.2) is 109 Å². The number of carbonyl (C=O) groups excluding carboxylic acids is 4. The Balaban J connectivity index is 0.863. The van der Waals surface area contributed by atoms with Crippen molar-refractivity contribution in [3.63, 3.8) is 0 Å². The van der Waals surface area contributed by atoms with Gasteiger partial charge < -0.3 is 19.1 Å². The van der Waals surface area contributed by atoms with Crippen LogP contribution in [0.25, 0.3) is 0 Å². The third-order valence-electron chi connectivity index (χ3n) is 9.51. The van der Waals surface area contributed by atoms with Gasteiger partial charge in [0.1, 0.15) is 25.1 Å². The van der Waals surface area contributed by atoms with E-state index < -0.39 is 50.6 Å². The van der Waals surface area contributed by atoms with Crippen LogP contribution in [0.4, 0.5) is 25.4 Å². The molecule has 0 bridgehead atoms. The van der Waals surface area contributed by atoms with Gasteiger partial charge in [-0.15, -0.1) is 9.35 Å². The Bertz CT molecular complexity index is 2350. The van der Waals surface area contributed by atoms with Gasteiger partial charge in [0.05, 0.1) is 48.9 Å². The van der Waals surface area contributed by atoms with Gasteiger partial charge in [-0.2, -0.15) is 5.10 Å². The Morgan fingerprint density at radius 2 is 1.50 bits per heavy atom. The lowest BCUT2D eigenvalue weighted by Crippen LogP contribution is -2.42. The summed E-state index contributed by atoms with van der Waals surface area (Å²) >= 11 is 0. The highest BCUT2D eigenvalue weighted by atomic mass is 31.2. The first-order chi connectivity index (χ1) is 29.9. The normalized spacial score (nSPS) is 14.7. The van der Waals surface area contributed by atoms with Gasteiger partial charge in [-0.3, -0.25) is 18.9 Å². The zero-order valence-electron chi connectivity index (χ0n) is 33.5. The Morgan fingerprint density at radius 1 is 0.855 bits per heavy atom. The maximum atomic E-state index is 15.3. The standard InChI is InChI=1S/C42H41FN5O13P/c1-29(49)47(22-36-23-48(42(52)59-36)35-17-18-39(37(43)19-35)46-21-34-20-45(2)44-38(34)24-46)41(51)55-28-54-40(50)33-15-13-32(14-16-33)27-58-62(53,60-56-25-30-9-5-3-6-10-30)61-57-26-31-11-7-4-8-12-31/h3-20,36H,21-28H2,1-2H3/t36-/m0/s1. The minimum absolute atomic E-state index is 0.0581. The number of esters is 1. The number of phosphoric acid groups is 1. The number of anilines is 2. The van der Waals surface area contributed by atoms with Crippen molar-refractivity contribution in [2.45, 2.75) is 45.9 Å². The molecule has 7 rings (SSSR count). The first-order valence-corrected chi connectivity index (χ1v) is 20.6. The van der Waals surface area contributed by atoms with E-state index in [2.05, 4.69) is 5.10 Å². The number of hydrogen-bond donors (Lipinski definition) is 0. The number of amides is 3. The van der Waals surface area contributed by atoms with Gasteiger partial charge in [-0.1, -0.05) is 72.8 Å². The van der Waals surface area contributed by atoms with Gasteiger partial charge >= 0.3 is 26.0 Å². The summed E-state index contributed by atoms with van der Waals surface area (Å²) < 4.78 is 61.5. The number of fused-ring (bicyclic) bond motifs is 1. The van der Waals surface area contributed by atoms with Crippen molar-refractivity contribution in [1.82, 2.24) is 14.7 Å². The summed E-state index contributed by atoms with van der Waals surface area (Å²) in [7, 11) is -2.61. The maximum absolute atomic E-state index is 15.3. The van der Waals surface area contributed by atoms with Gasteiger partial charge in [-0.25, -0.2) is 38.0 Å². The first-order valence-electron chi connectivity index (χ1n) is 19.1. The Labute approximate surface area is 354 Å². The van der Waals surface area contributed by atoms with E-state index in [9.17, 15) is 23.7 Å². The summed E-state index contributed by atoms with van der Waals surface area (Å²) in [5.74, 6) is -2.14. The second kappa shape index (κ2) is 19.9. The van der Waals surface area contributed by atoms with Gasteiger partial charge in [0.15, 0.2) is 0 Å². The largest absolute Gasteiger partial charge is 0.529 e. The lowest BCUT2D eigenvalue weighted by Gasteiger charge is -2.21. The molecular formula is C42H41FN5O13P. The zero-order valence-corrected chi connectivity index (χ0v) is 34.4. The van der Waals surface area contributed by atoms with Gasteiger partial charge in [0.25, 0.3) is 0 Å². The summed E-state index contributed by atoms with van der Waals surface area (Å²) in [4.78, 5) is 64.9. The van der Waals surface area contributed by atoms with Crippen molar-refractivity contribution < 1.29 is 66.0 Å². The third-order valence-corrected chi connectivity index (χ3v) is 10.5. The Kier molecular flexibility index (Phi) is 14.0. The van der Waals surface area contributed by atoms with Crippen molar-refractivity contribution in [3.05, 3.63) is 149 Å². The van der Waals surface area contributed by atoms with Crippen molar-refractivity contribution in [2.75, 3.05) is 29.7 Å². The molecule has 2 aliphatic heterocycles. The van der Waals surface area contributed by atoms with Crippen LogP contribution in [0.5, 0.6) is 0 Å². The fourth-order valence-electron chi connectivity index (χ4n) is 6.45. The highest BCUT2D eigenvalue weighted by molar-refractivity contribution is 7.48. The molecule has 3 heterocycles. The molecule has 0 radical (unpaired) electrons. The molecule has 0 spiro atoms. The number of aromatic nitrogens is 2. The Morgan fingerprint density at radius 3 is 2.11 bits per heavy atom. The van der Waals surface area contributed by atoms with Crippen molar-refractivity contribution >= 4 is 43.3 Å². The number of halogens is 1. The molecule has 0 saturated carbocycles. The summed E-state index contributed by atoms with van der Waals surface area (Å²) in [6.45, 7) is 0.302. The molecule has 1 atom stereocenters. The molecule has 0 aliphatic carbocycles. The van der Waals surface area contributed by atoms with Crippen LogP contribution >= 0.6 is 7.82 Å². The van der Waals surface area contributed by atoms with E-state index in [1.54, 1.807) is 65.3 Å². The van der Waals surface area contributed by atoms with Crippen LogP contribution in [0, 0.1) is 5.82 Å². The van der Waals surface area contributed by atoms with E-state index in [1.807, 2.05) is 30.3 Å². The molecule has 20 heteroatoms. The summed E-state index contributed by atoms with van der Waals surface area (Å²) in [5, 5.41) is 4.40. The number of aryl methyl sites for hydroxylation is 1. The van der Waals surface area contributed by atoms with Crippen molar-refractivity contribution in [2.24, 2.45) is 7.05 Å². The highest BCUT2D eigenvalue weighted by Crippen LogP contribution is 2.51. The number of rotatable bonds is 18. The second-order valence-electron chi connectivity index (χ2n) is 14.0. The molecule has 2 aliphatic rings. The second-order valence-corrected chi connectivity index (χ2v) is 15.5. The number of imide groups is 1. The lowest BCUT2D eigenvalue weighted by molar-refractivity contribution is -0.292. The quantitative estimate of drug-likeness (QED) is 0.0284. The Hall–Kier alpha value is -6.47. The molecule has 3 amide bonds. The summed E-state index contributed by atoms with van der Waals surface area (Å²) in [6, 6.07) is 28.1. The van der Waals surface area contributed by atoms with E-state index in [1.165, 1.54) is 35.2 Å². The highest BCUT2D eigenvalue weighted by Gasteiger charge is 2.37. The van der Waals surface area contributed by atoms with Crippen LogP contribution in [-0.4, -0.2) is 64.7 Å². The molecule has 5 aromatic rings. The predicted molar refractivity (Wildman–Crippen MR) is 215 cm³/mol. The van der Waals surface area contributed by atoms with Crippen LogP contribution in [0.3, 0.4) is 0 Å². The lowest BCUT2D eigenvalue weighted by atomic mass is 10.1. The monoisotopic (exact) mass is 873 g/mol. The van der Waals surface area contributed by atoms with Crippen LogP contribution in [0.1, 0.15) is 45.2 Å². The van der Waals surface area contributed by atoms with Crippen molar-refractivity contribution in [1.29, 1.82) is 0 Å². The minimum atomic E-state index is -4.43. The predicted octanol–water partition coefficient (Wildman–Crippen LogP) is 7.13. The zero-order chi connectivity index (χ0) is 43.6. The third kappa shape index (κ3) is 11.3. The molecule has 324 valence electrons. The average Bonchev–Trinajstić information content (AvgIpc) is 3.94. The van der Waals surface area contributed by atoms with Crippen LogP contribution < -0.4 is 9.80 Å². The van der Waals surface area contributed by atoms with Crippen LogP contribution in [-0.2, 0) is 87.2 Å². The van der Waals surface area contributed by atoms with Gasteiger partial charge in [0, 0.05) is 32.3 Å². The molecule has 18 nitrogen and oxygen atoms in total. The number of carbonyl (C=O) groups is 4. The van der Waals surface area contributed by atoms with Gasteiger partial charge in [0.2, 0.25) is 12.7 Å². The van der Waals surface area contributed by atoms with Crippen LogP contribution in [0.2, 0.25) is 0 Å². The van der Waals surface area contributed by atoms with E-state index in [4.69, 9.17) is 37.9 Å². The van der Waals surface area contributed by atoms with Crippen molar-refractivity contribution in [3.8, 4) is 0 Å². The molecule has 1 aromatic heterocycles. The molecule has 0 N–H and O–H groups in total. The van der Waals surface area contributed by atoms with E-state index >= 15 is 4.39 Å². The van der Waals surface area contributed by atoms with E-state index in [0.717, 1.165) is 29.3 Å². The number of ether oxygens (including phenoxy) is 3. The number of cyclic esters (lactones) is 1. The minimum Gasteiger partial charge on any atom is -0.442 e. The number of benzene rings is 4. The number of nitrogens with zero attached hydrogens (tertiary/aromatic N) is 5. The molecule has 4 aromatic carbocycles. The molecular weight excluding hydrogens is 832 g/mol. The fraction of sp³-hybridized carbons (Fsp3) is 0.262. The fourth-order valence-corrected chi connectivity index (χ4v) is 7.23. The SMILES string of the molecule is CC(=O)N(C[C@H]1CN(c2ccc(N3Cc4cn(C)nc4C3)c(F)c2)C(=O)O1)C(=O)OCOC(=O)c1ccc(COP(=O)(OOCc2ccccc2)OOCc2ccccc2)cc1. The van der Waals surface area contributed by atoms with Gasteiger partial charge in [-0.05, 0) is 47.0 Å². The molecule has 0 unspecified atom stereocenters. The first kappa shape index (κ1) is 43.6. The topological polar surface area (TPSA) is 187 Å². The summed E-state index contributed by atoms with van der Waals surface area (Å²) in [5.41, 5.74) is 4.44. The maximum Gasteiger partial charge on any atom is 0.529 e. The smallest absolute Gasteiger partial charge is 0.442 e. The van der Waals surface area contributed by atoms with E-state index in [-0.39, 0.29) is 44.2 Å². The summed E-state index contributed by atoms with van der Waals surface area (Å²) in [6.07, 6.45) is -1.03. The molecule has 1 saturated heterocycles. The molecule has 1 fully saturated rings. The number of hydrogen-bond acceptors (Lipinski definition) is 15. The average molecular weight is 874 g/mol. The van der Waals surface area contributed by atoms with E-state index in [0.29, 0.717) is 29.2 Å². The molecule has 62 heavy (non-hydrogen) atoms.